The molecule has 0 amide bonds. The Balaban J connectivity index is 1.61. The first kappa shape index (κ1) is 14.6. The fraction of sp³-hybridized carbons (Fsp3) is 0.429. The molecule has 1 aromatic carbocycles. The van der Waals surface area contributed by atoms with Gasteiger partial charge in [-0.25, -0.2) is 23.5 Å². The van der Waals surface area contributed by atoms with E-state index in [1.807, 2.05) is 30.3 Å². The first-order valence-electron chi connectivity index (χ1n) is 9.56. The van der Waals surface area contributed by atoms with E-state index in [4.69, 9.17) is 0 Å². The van der Waals surface area contributed by atoms with Crippen LogP contribution in [-0.2, 0) is 0 Å². The van der Waals surface area contributed by atoms with Gasteiger partial charge in [0.2, 0.25) is 0 Å². The van der Waals surface area contributed by atoms with Crippen molar-refractivity contribution in [1.82, 2.24) is 13.9 Å². The highest BCUT2D eigenvalue weighted by Gasteiger charge is 2.63. The lowest BCUT2D eigenvalue weighted by Crippen LogP contribution is -2.60. The molecule has 7 rings (SSSR count). The number of para-hydroxylation sites is 1. The summed E-state index contributed by atoms with van der Waals surface area (Å²) >= 11 is 0. The van der Waals surface area contributed by atoms with Gasteiger partial charge in [0.25, 0.3) is 0 Å². The molecule has 3 aliphatic carbocycles. The molecule has 1 aromatic heterocycles. The van der Waals surface area contributed by atoms with Gasteiger partial charge in [0.15, 0.2) is 0 Å². The summed E-state index contributed by atoms with van der Waals surface area (Å²) in [4.78, 5) is 26.5. The standard InChI is InChI=1S/C21H21N3O2/c1-21-15-10-6-5-9-14(15)18(21)16-11-12-17(21)24-20(26)22(19(25)23(16)24)13-7-3-2-4-8-13/h2-4,7-8,11-12,16-18H,5-6,9-10H2,1H3/t16-,17-,18+,21-/m1/s1. The Morgan fingerprint density at radius 3 is 2.50 bits per heavy atom. The molecule has 3 heterocycles. The zero-order valence-electron chi connectivity index (χ0n) is 14.8. The van der Waals surface area contributed by atoms with E-state index in [0.717, 1.165) is 12.8 Å². The lowest BCUT2D eigenvalue weighted by molar-refractivity contribution is 0.0188. The van der Waals surface area contributed by atoms with Gasteiger partial charge in [0, 0.05) is 11.3 Å². The van der Waals surface area contributed by atoms with E-state index in [1.54, 1.807) is 20.5 Å². The molecule has 0 radical (unpaired) electrons. The van der Waals surface area contributed by atoms with Gasteiger partial charge in [-0.15, -0.1) is 0 Å². The largest absolute Gasteiger partial charge is 0.352 e. The van der Waals surface area contributed by atoms with Crippen molar-refractivity contribution in [3.05, 3.63) is 74.6 Å². The molecule has 0 saturated carbocycles. The zero-order valence-corrected chi connectivity index (χ0v) is 14.8. The van der Waals surface area contributed by atoms with Crippen molar-refractivity contribution in [3.8, 4) is 5.69 Å². The highest BCUT2D eigenvalue weighted by Crippen LogP contribution is 2.68. The van der Waals surface area contributed by atoms with Gasteiger partial charge in [0.05, 0.1) is 17.8 Å². The van der Waals surface area contributed by atoms with Gasteiger partial charge >= 0.3 is 11.4 Å². The van der Waals surface area contributed by atoms with E-state index in [-0.39, 0.29) is 28.9 Å². The van der Waals surface area contributed by atoms with Crippen molar-refractivity contribution >= 4 is 0 Å². The zero-order chi connectivity index (χ0) is 17.6. The Kier molecular flexibility index (Phi) is 2.57. The molecule has 2 bridgehead atoms. The number of nitrogens with zero attached hydrogens (tertiary/aromatic N) is 3. The van der Waals surface area contributed by atoms with Crippen molar-refractivity contribution in [1.29, 1.82) is 0 Å². The summed E-state index contributed by atoms with van der Waals surface area (Å²) in [6.45, 7) is 2.31. The van der Waals surface area contributed by atoms with Crippen LogP contribution in [0.1, 0.15) is 44.7 Å². The van der Waals surface area contributed by atoms with Crippen molar-refractivity contribution in [2.45, 2.75) is 44.7 Å². The highest BCUT2D eigenvalue weighted by molar-refractivity contribution is 5.47. The smallest absolute Gasteiger partial charge is 0.245 e. The molecule has 2 aliphatic heterocycles. The molecule has 5 aliphatic rings. The summed E-state index contributed by atoms with van der Waals surface area (Å²) < 4.78 is 4.79. The number of hydrogen-bond donors (Lipinski definition) is 0. The van der Waals surface area contributed by atoms with E-state index in [2.05, 4.69) is 19.1 Å². The summed E-state index contributed by atoms with van der Waals surface area (Å²) in [5.41, 5.74) is 3.33. The average Bonchev–Trinajstić information content (AvgIpc) is 2.94. The van der Waals surface area contributed by atoms with Crippen molar-refractivity contribution < 1.29 is 0 Å². The van der Waals surface area contributed by atoms with Crippen LogP contribution in [0.2, 0.25) is 0 Å². The molecule has 2 aromatic rings. The van der Waals surface area contributed by atoms with Crippen LogP contribution in [0.4, 0.5) is 0 Å². The summed E-state index contributed by atoms with van der Waals surface area (Å²) in [7, 11) is 0. The summed E-state index contributed by atoms with van der Waals surface area (Å²) in [5.74, 6) is 0.372. The second-order valence-electron chi connectivity index (χ2n) is 8.22. The van der Waals surface area contributed by atoms with Gasteiger partial charge in [-0.1, -0.05) is 48.4 Å². The second kappa shape index (κ2) is 4.58. The number of allylic oxidation sites excluding steroid dienone is 4. The highest BCUT2D eigenvalue weighted by atomic mass is 16.2. The first-order chi connectivity index (χ1) is 12.6. The maximum Gasteiger partial charge on any atom is 0.352 e. The predicted molar refractivity (Wildman–Crippen MR) is 98.6 cm³/mol. The molecular weight excluding hydrogens is 326 g/mol. The third kappa shape index (κ3) is 1.42. The fourth-order valence-electron chi connectivity index (χ4n) is 6.16. The van der Waals surface area contributed by atoms with Crippen LogP contribution < -0.4 is 11.4 Å². The normalized spacial score (nSPS) is 33.5. The molecule has 0 fully saturated rings. The maximum atomic E-state index is 13.3. The quantitative estimate of drug-likeness (QED) is 0.745. The molecule has 5 nitrogen and oxygen atoms in total. The van der Waals surface area contributed by atoms with E-state index >= 15 is 0 Å². The maximum absolute atomic E-state index is 13.3. The monoisotopic (exact) mass is 347 g/mol. The Bertz CT molecular complexity index is 1110. The van der Waals surface area contributed by atoms with E-state index in [1.165, 1.54) is 17.4 Å². The Morgan fingerprint density at radius 1 is 0.962 bits per heavy atom. The van der Waals surface area contributed by atoms with Gasteiger partial charge in [-0.3, -0.25) is 0 Å². The van der Waals surface area contributed by atoms with Crippen LogP contribution in [0, 0.1) is 11.3 Å². The minimum Gasteiger partial charge on any atom is -0.245 e. The molecule has 0 spiro atoms. The SMILES string of the molecule is C[C@]12C3=C(CCCC3)[C@H]1[C@H]1C=C[C@H]2n2c(=O)n(-c3ccccc3)c(=O)n21. The molecule has 5 heteroatoms. The van der Waals surface area contributed by atoms with Crippen LogP contribution >= 0.6 is 0 Å². The number of benzene rings is 1. The first-order valence-corrected chi connectivity index (χ1v) is 9.56. The van der Waals surface area contributed by atoms with Gasteiger partial charge in [-0.2, -0.15) is 0 Å². The third-order valence-corrected chi connectivity index (χ3v) is 7.20. The number of aromatic nitrogens is 3. The van der Waals surface area contributed by atoms with Crippen molar-refractivity contribution in [3.63, 3.8) is 0 Å². The Morgan fingerprint density at radius 2 is 1.69 bits per heavy atom. The van der Waals surface area contributed by atoms with Crippen molar-refractivity contribution in [2.24, 2.45) is 11.3 Å². The molecule has 26 heavy (non-hydrogen) atoms. The molecule has 0 N–H and O–H groups in total. The minimum absolute atomic E-state index is 0.00565. The molecule has 132 valence electrons. The lowest BCUT2D eigenvalue weighted by Gasteiger charge is -2.63. The topological polar surface area (TPSA) is 48.9 Å². The number of rotatable bonds is 1. The van der Waals surface area contributed by atoms with Crippen molar-refractivity contribution in [2.75, 3.05) is 0 Å². The van der Waals surface area contributed by atoms with E-state index in [0.29, 0.717) is 11.6 Å². The van der Waals surface area contributed by atoms with Crippen LogP contribution in [0.5, 0.6) is 0 Å². The van der Waals surface area contributed by atoms with Crippen LogP contribution in [0.25, 0.3) is 5.69 Å². The summed E-state index contributed by atoms with van der Waals surface area (Å²) in [6, 6.07) is 9.18. The third-order valence-electron chi connectivity index (χ3n) is 7.20. The minimum atomic E-state index is -0.218. The number of hydrogen-bond acceptors (Lipinski definition) is 2. The summed E-state index contributed by atoms with van der Waals surface area (Å²) in [6.07, 6.45) is 9.12. The fourth-order valence-corrected chi connectivity index (χ4v) is 6.16. The molecular formula is C21H21N3O2. The average molecular weight is 347 g/mol. The van der Waals surface area contributed by atoms with Crippen LogP contribution in [0.3, 0.4) is 0 Å². The molecule has 0 unspecified atom stereocenters. The Hall–Kier alpha value is -2.56. The summed E-state index contributed by atoms with van der Waals surface area (Å²) in [5, 5.41) is 0. The van der Waals surface area contributed by atoms with E-state index in [9.17, 15) is 9.59 Å². The molecule has 4 atom stereocenters. The van der Waals surface area contributed by atoms with E-state index < -0.39 is 0 Å². The van der Waals surface area contributed by atoms with Gasteiger partial charge < -0.3 is 0 Å². The van der Waals surface area contributed by atoms with Crippen LogP contribution in [0.15, 0.2) is 63.2 Å². The molecule has 0 saturated heterocycles. The second-order valence-corrected chi connectivity index (χ2v) is 8.22. The Labute approximate surface area is 150 Å². The van der Waals surface area contributed by atoms with Crippen LogP contribution in [-0.4, -0.2) is 13.9 Å². The van der Waals surface area contributed by atoms with Gasteiger partial charge in [-0.05, 0) is 37.8 Å². The predicted octanol–water partition coefficient (Wildman–Crippen LogP) is 2.97. The lowest BCUT2D eigenvalue weighted by atomic mass is 9.46. The van der Waals surface area contributed by atoms with Gasteiger partial charge in [0.1, 0.15) is 0 Å².